The molecule has 0 aromatic heterocycles. The fourth-order valence-corrected chi connectivity index (χ4v) is 6.03. The van der Waals surface area contributed by atoms with Crippen molar-refractivity contribution in [2.45, 2.75) is 200 Å². The molecule has 0 fully saturated rings. The number of rotatable bonds is 41. The van der Waals surface area contributed by atoms with Gasteiger partial charge in [-0.15, -0.1) is 0 Å². The van der Waals surface area contributed by atoms with Gasteiger partial charge < -0.3 is 14.2 Å². The van der Waals surface area contributed by atoms with Crippen molar-refractivity contribution >= 4 is 17.9 Å². The zero-order chi connectivity index (χ0) is 43.7. The number of hydrogen-bond donors (Lipinski definition) is 0. The van der Waals surface area contributed by atoms with Gasteiger partial charge in [0.15, 0.2) is 6.10 Å². The van der Waals surface area contributed by atoms with Gasteiger partial charge in [-0.05, 0) is 103 Å². The molecule has 0 N–H and O–H groups in total. The van der Waals surface area contributed by atoms with Crippen LogP contribution in [-0.4, -0.2) is 37.2 Å². The summed E-state index contributed by atoms with van der Waals surface area (Å²) >= 11 is 0. The molecule has 0 aliphatic heterocycles. The normalized spacial score (nSPS) is 13.1. The van der Waals surface area contributed by atoms with Gasteiger partial charge in [0.05, 0.1) is 0 Å². The van der Waals surface area contributed by atoms with E-state index >= 15 is 0 Å². The lowest BCUT2D eigenvalue weighted by Gasteiger charge is -2.18. The Kier molecular flexibility index (Phi) is 44.6. The summed E-state index contributed by atoms with van der Waals surface area (Å²) in [6.07, 6.45) is 63.6. The number of esters is 3. The number of allylic oxidation sites excluding steroid dienone is 18. The van der Waals surface area contributed by atoms with E-state index in [4.69, 9.17) is 14.2 Å². The molecule has 0 aliphatic rings. The highest BCUT2D eigenvalue weighted by Crippen LogP contribution is 2.12. The van der Waals surface area contributed by atoms with Crippen LogP contribution in [0.15, 0.2) is 109 Å². The molecule has 1 atom stereocenters. The summed E-state index contributed by atoms with van der Waals surface area (Å²) in [5.41, 5.74) is 0. The van der Waals surface area contributed by atoms with E-state index < -0.39 is 6.10 Å². The second-order valence-corrected chi connectivity index (χ2v) is 15.3. The summed E-state index contributed by atoms with van der Waals surface area (Å²) in [6, 6.07) is 0. The van der Waals surface area contributed by atoms with Crippen molar-refractivity contribution in [3.05, 3.63) is 109 Å². The Labute approximate surface area is 368 Å². The molecule has 1 unspecified atom stereocenters. The molecule has 0 radical (unpaired) electrons. The van der Waals surface area contributed by atoms with Gasteiger partial charge in [-0.25, -0.2) is 0 Å². The van der Waals surface area contributed by atoms with Gasteiger partial charge in [-0.2, -0.15) is 0 Å². The van der Waals surface area contributed by atoms with Crippen molar-refractivity contribution < 1.29 is 28.6 Å². The maximum absolute atomic E-state index is 12.7. The van der Waals surface area contributed by atoms with Gasteiger partial charge >= 0.3 is 17.9 Å². The molecule has 0 spiro atoms. The number of carbonyl (C=O) groups is 3. The minimum Gasteiger partial charge on any atom is -0.462 e. The SMILES string of the molecule is CC/C=C\C/C=C\C/C=C\CCCCC(=O)OC(COC(=O)CCCCCCC\C=C/C=C\C=C/C=C\CCCCC)COC(=O)CCCCCCC/C=C\C/C=C\CC. The topological polar surface area (TPSA) is 78.9 Å². The molecule has 0 saturated carbocycles. The van der Waals surface area contributed by atoms with E-state index in [1.165, 1.54) is 19.3 Å². The van der Waals surface area contributed by atoms with Gasteiger partial charge in [-0.3, -0.25) is 14.4 Å². The monoisotopic (exact) mass is 831 g/mol. The highest BCUT2D eigenvalue weighted by Gasteiger charge is 2.19. The summed E-state index contributed by atoms with van der Waals surface area (Å²) in [5, 5.41) is 0. The Bertz CT molecular complexity index is 1280. The third-order valence-corrected chi connectivity index (χ3v) is 9.59. The lowest BCUT2D eigenvalue weighted by atomic mass is 10.1. The van der Waals surface area contributed by atoms with Crippen LogP contribution in [0.1, 0.15) is 194 Å². The summed E-state index contributed by atoms with van der Waals surface area (Å²) in [4.78, 5) is 37.8. The first-order valence-electron chi connectivity index (χ1n) is 23.9. The molecule has 0 bridgehead atoms. The zero-order valence-electron chi connectivity index (χ0n) is 38.4. The van der Waals surface area contributed by atoms with Crippen molar-refractivity contribution in [1.29, 1.82) is 0 Å². The Morgan fingerprint density at radius 3 is 1.20 bits per heavy atom. The van der Waals surface area contributed by atoms with Crippen molar-refractivity contribution in [1.82, 2.24) is 0 Å². The molecule has 6 heteroatoms. The van der Waals surface area contributed by atoms with Gasteiger partial charge in [-0.1, -0.05) is 182 Å². The highest BCUT2D eigenvalue weighted by molar-refractivity contribution is 5.71. The van der Waals surface area contributed by atoms with Crippen LogP contribution in [0.5, 0.6) is 0 Å². The Morgan fingerprint density at radius 1 is 0.367 bits per heavy atom. The molecule has 0 amide bonds. The fourth-order valence-electron chi connectivity index (χ4n) is 6.03. The van der Waals surface area contributed by atoms with Crippen molar-refractivity contribution in [3.63, 3.8) is 0 Å². The third kappa shape index (κ3) is 45.2. The predicted molar refractivity (Wildman–Crippen MR) is 256 cm³/mol. The van der Waals surface area contributed by atoms with E-state index in [0.29, 0.717) is 19.3 Å². The molecular weight excluding hydrogens is 745 g/mol. The maximum Gasteiger partial charge on any atom is 0.306 e. The predicted octanol–water partition coefficient (Wildman–Crippen LogP) is 15.6. The number of ether oxygens (including phenoxy) is 3. The van der Waals surface area contributed by atoms with E-state index in [9.17, 15) is 14.4 Å². The smallest absolute Gasteiger partial charge is 0.306 e. The van der Waals surface area contributed by atoms with Crippen molar-refractivity contribution in [2.24, 2.45) is 0 Å². The van der Waals surface area contributed by atoms with Gasteiger partial charge in [0.1, 0.15) is 13.2 Å². The zero-order valence-corrected chi connectivity index (χ0v) is 38.4. The van der Waals surface area contributed by atoms with Crippen LogP contribution in [0.25, 0.3) is 0 Å². The average molecular weight is 831 g/mol. The molecule has 0 rings (SSSR count). The van der Waals surface area contributed by atoms with E-state index in [2.05, 4.69) is 130 Å². The quantitative estimate of drug-likeness (QED) is 0.0201. The first kappa shape index (κ1) is 56.1. The summed E-state index contributed by atoms with van der Waals surface area (Å²) in [5.74, 6) is -0.999. The standard InChI is InChI=1S/C54H86O6/c1-4-7-10-13-16-19-22-25-26-27-28-29-30-33-35-38-41-44-47-53(56)59-50-51(60-54(57)48-45-42-39-36-32-24-21-18-15-12-9-6-3)49-58-52(55)46-43-40-37-34-31-23-20-17-14-11-8-5-2/h8-9,11-12,16-22,25-29,32,36,51H,4-7,10,13-15,23-24,30-31,33-35,37-50H2,1-3H3/b11-8-,12-9-,19-16-,20-17-,21-18-,25-22-,27-26-,29-28-,36-32-. The number of unbranched alkanes of at least 4 members (excludes halogenated alkanes) is 15. The van der Waals surface area contributed by atoms with Gasteiger partial charge in [0.25, 0.3) is 0 Å². The van der Waals surface area contributed by atoms with E-state index in [-0.39, 0.29) is 37.5 Å². The van der Waals surface area contributed by atoms with E-state index in [1.54, 1.807) is 0 Å². The van der Waals surface area contributed by atoms with E-state index in [1.807, 2.05) is 0 Å². The van der Waals surface area contributed by atoms with Gasteiger partial charge in [0.2, 0.25) is 0 Å². The van der Waals surface area contributed by atoms with Crippen LogP contribution in [0.4, 0.5) is 0 Å². The van der Waals surface area contributed by atoms with Crippen LogP contribution in [0.3, 0.4) is 0 Å². The molecule has 0 saturated heterocycles. The number of carbonyl (C=O) groups excluding carboxylic acids is 3. The van der Waals surface area contributed by atoms with Crippen LogP contribution < -0.4 is 0 Å². The number of hydrogen-bond acceptors (Lipinski definition) is 6. The Hall–Kier alpha value is -3.93. The molecule has 0 aromatic rings. The summed E-state index contributed by atoms with van der Waals surface area (Å²) in [7, 11) is 0. The summed E-state index contributed by atoms with van der Waals surface area (Å²) in [6.45, 7) is 6.28. The minimum atomic E-state index is -0.814. The minimum absolute atomic E-state index is 0.112. The molecule has 60 heavy (non-hydrogen) atoms. The lowest BCUT2D eigenvalue weighted by Crippen LogP contribution is -2.30. The highest BCUT2D eigenvalue weighted by atomic mass is 16.6. The molecule has 0 heterocycles. The molecular formula is C54H86O6. The van der Waals surface area contributed by atoms with Crippen molar-refractivity contribution in [2.75, 3.05) is 13.2 Å². The molecule has 338 valence electrons. The first-order valence-corrected chi connectivity index (χ1v) is 23.9. The largest absolute Gasteiger partial charge is 0.462 e. The average Bonchev–Trinajstić information content (AvgIpc) is 3.24. The Morgan fingerprint density at radius 2 is 0.717 bits per heavy atom. The molecule has 0 aliphatic carbocycles. The van der Waals surface area contributed by atoms with Crippen LogP contribution in [0.2, 0.25) is 0 Å². The summed E-state index contributed by atoms with van der Waals surface area (Å²) < 4.78 is 16.7. The van der Waals surface area contributed by atoms with E-state index in [0.717, 1.165) is 128 Å². The maximum atomic E-state index is 12.7. The molecule has 6 nitrogen and oxygen atoms in total. The fraction of sp³-hybridized carbons (Fsp3) is 0.611. The van der Waals surface area contributed by atoms with Gasteiger partial charge in [0, 0.05) is 19.3 Å². The van der Waals surface area contributed by atoms with Crippen LogP contribution in [0, 0.1) is 0 Å². The lowest BCUT2D eigenvalue weighted by molar-refractivity contribution is -0.167. The van der Waals surface area contributed by atoms with Crippen LogP contribution in [-0.2, 0) is 28.6 Å². The van der Waals surface area contributed by atoms with Crippen LogP contribution >= 0.6 is 0 Å². The first-order chi connectivity index (χ1) is 29.5. The second-order valence-electron chi connectivity index (χ2n) is 15.3. The molecule has 0 aromatic carbocycles. The third-order valence-electron chi connectivity index (χ3n) is 9.59. The van der Waals surface area contributed by atoms with Crippen molar-refractivity contribution in [3.8, 4) is 0 Å². The second kappa shape index (κ2) is 47.7. The Balaban J connectivity index is 4.50.